The highest BCUT2D eigenvalue weighted by atomic mass is 32.2. The molecule has 128 valence electrons. The Balaban J connectivity index is 1.75. The second-order valence-electron chi connectivity index (χ2n) is 5.64. The zero-order valence-electron chi connectivity index (χ0n) is 13.2. The fourth-order valence-corrected chi connectivity index (χ4v) is 3.32. The van der Waals surface area contributed by atoms with Crippen LogP contribution >= 0.6 is 0 Å². The molecule has 1 aromatic rings. The molecule has 1 aliphatic rings. The van der Waals surface area contributed by atoms with Crippen LogP contribution in [0.3, 0.4) is 0 Å². The van der Waals surface area contributed by atoms with Crippen LogP contribution < -0.4 is 9.88 Å². The zero-order chi connectivity index (χ0) is 16.9. The summed E-state index contributed by atoms with van der Waals surface area (Å²) in [5.74, 6) is 0.639. The summed E-state index contributed by atoms with van der Waals surface area (Å²) in [7, 11) is -1.91. The standard InChI is InChI=1S/C15H23N3O4S/c1-17(11-12-22-14-5-3-2-4-6-14)15(19)13-7-9-18(10-8-13)23(16,20)21/h2-6,13H,7-12H2,1H3,(H2,16,20,21). The maximum atomic E-state index is 12.4. The smallest absolute Gasteiger partial charge is 0.276 e. The highest BCUT2D eigenvalue weighted by molar-refractivity contribution is 7.86. The number of para-hydroxylation sites is 1. The second kappa shape index (κ2) is 7.76. The summed E-state index contributed by atoms with van der Waals surface area (Å²) < 4.78 is 29.3. The normalized spacial score (nSPS) is 17.0. The lowest BCUT2D eigenvalue weighted by Gasteiger charge is -2.31. The first-order valence-corrected chi connectivity index (χ1v) is 9.09. The number of rotatable bonds is 6. The van der Waals surface area contributed by atoms with Crippen molar-refractivity contribution in [3.8, 4) is 5.75 Å². The van der Waals surface area contributed by atoms with Gasteiger partial charge in [0.1, 0.15) is 12.4 Å². The lowest BCUT2D eigenvalue weighted by molar-refractivity contribution is -0.135. The van der Waals surface area contributed by atoms with Gasteiger partial charge in [-0.25, -0.2) is 5.14 Å². The van der Waals surface area contributed by atoms with E-state index in [0.717, 1.165) is 5.75 Å². The van der Waals surface area contributed by atoms with Crippen LogP contribution in [0.2, 0.25) is 0 Å². The van der Waals surface area contributed by atoms with E-state index in [9.17, 15) is 13.2 Å². The number of carbonyl (C=O) groups excluding carboxylic acids is 1. The van der Waals surface area contributed by atoms with E-state index < -0.39 is 10.2 Å². The van der Waals surface area contributed by atoms with Gasteiger partial charge in [0, 0.05) is 26.1 Å². The Morgan fingerprint density at radius 3 is 2.48 bits per heavy atom. The van der Waals surface area contributed by atoms with Gasteiger partial charge in [-0.2, -0.15) is 12.7 Å². The van der Waals surface area contributed by atoms with E-state index in [1.165, 1.54) is 4.31 Å². The molecule has 0 atom stereocenters. The number of amides is 1. The summed E-state index contributed by atoms with van der Waals surface area (Å²) in [5, 5.41) is 5.10. The lowest BCUT2D eigenvalue weighted by atomic mass is 9.97. The second-order valence-corrected chi connectivity index (χ2v) is 7.19. The third-order valence-electron chi connectivity index (χ3n) is 3.98. The van der Waals surface area contributed by atoms with Crippen molar-refractivity contribution < 1.29 is 17.9 Å². The van der Waals surface area contributed by atoms with Crippen LogP contribution in [-0.4, -0.2) is 56.8 Å². The molecule has 1 aliphatic heterocycles. The van der Waals surface area contributed by atoms with E-state index in [1.807, 2.05) is 30.3 Å². The first-order chi connectivity index (χ1) is 10.9. The molecule has 0 aliphatic carbocycles. The molecule has 0 spiro atoms. The molecule has 0 radical (unpaired) electrons. The molecule has 1 amide bonds. The zero-order valence-corrected chi connectivity index (χ0v) is 14.0. The predicted octanol–water partition coefficient (Wildman–Crippen LogP) is 0.439. The molecule has 1 aromatic carbocycles. The van der Waals surface area contributed by atoms with Crippen LogP contribution in [-0.2, 0) is 15.0 Å². The minimum absolute atomic E-state index is 0.0238. The Labute approximate surface area is 137 Å². The van der Waals surface area contributed by atoms with E-state index in [1.54, 1.807) is 11.9 Å². The van der Waals surface area contributed by atoms with Gasteiger partial charge < -0.3 is 9.64 Å². The largest absolute Gasteiger partial charge is 0.492 e. The van der Waals surface area contributed by atoms with Crippen molar-refractivity contribution in [3.63, 3.8) is 0 Å². The van der Waals surface area contributed by atoms with Crippen molar-refractivity contribution in [2.45, 2.75) is 12.8 Å². The summed E-state index contributed by atoms with van der Waals surface area (Å²) in [6, 6.07) is 9.43. The van der Waals surface area contributed by atoms with Gasteiger partial charge in [-0.05, 0) is 25.0 Å². The first kappa shape index (κ1) is 17.7. The number of benzene rings is 1. The fourth-order valence-electron chi connectivity index (χ4n) is 2.60. The molecule has 2 N–H and O–H groups in total. The van der Waals surface area contributed by atoms with E-state index >= 15 is 0 Å². The molecule has 8 heteroatoms. The number of piperidine rings is 1. The predicted molar refractivity (Wildman–Crippen MR) is 87.0 cm³/mol. The molecule has 7 nitrogen and oxygen atoms in total. The SMILES string of the molecule is CN(CCOc1ccccc1)C(=O)C1CCN(S(N)(=O)=O)CC1. The maximum absolute atomic E-state index is 12.4. The van der Waals surface area contributed by atoms with Crippen molar-refractivity contribution in [2.24, 2.45) is 11.1 Å². The topological polar surface area (TPSA) is 92.9 Å². The molecule has 0 unspecified atom stereocenters. The summed E-state index contributed by atoms with van der Waals surface area (Å²) in [6.45, 7) is 1.50. The molecule has 1 heterocycles. The maximum Gasteiger partial charge on any atom is 0.276 e. The van der Waals surface area contributed by atoms with Crippen LogP contribution in [0.25, 0.3) is 0 Å². The van der Waals surface area contributed by atoms with Gasteiger partial charge in [-0.3, -0.25) is 4.79 Å². The van der Waals surface area contributed by atoms with Crippen molar-refractivity contribution in [3.05, 3.63) is 30.3 Å². The van der Waals surface area contributed by atoms with Crippen molar-refractivity contribution in [2.75, 3.05) is 33.3 Å². The highest BCUT2D eigenvalue weighted by Gasteiger charge is 2.30. The van der Waals surface area contributed by atoms with Crippen LogP contribution in [0.1, 0.15) is 12.8 Å². The first-order valence-electron chi connectivity index (χ1n) is 7.58. The summed E-state index contributed by atoms with van der Waals surface area (Å²) in [6.07, 6.45) is 0.998. The Bertz CT molecular complexity index is 613. The number of hydrogen-bond donors (Lipinski definition) is 1. The van der Waals surface area contributed by atoms with Crippen LogP contribution in [0.4, 0.5) is 0 Å². The van der Waals surface area contributed by atoms with Gasteiger partial charge in [0.25, 0.3) is 10.2 Å². The lowest BCUT2D eigenvalue weighted by Crippen LogP contribution is -2.46. The van der Waals surface area contributed by atoms with Gasteiger partial charge in [-0.1, -0.05) is 18.2 Å². The summed E-state index contributed by atoms with van der Waals surface area (Å²) in [4.78, 5) is 14.0. The van der Waals surface area contributed by atoms with Crippen LogP contribution in [0, 0.1) is 5.92 Å². The monoisotopic (exact) mass is 341 g/mol. The van der Waals surface area contributed by atoms with Gasteiger partial charge in [-0.15, -0.1) is 0 Å². The Hall–Kier alpha value is -1.64. The number of likely N-dealkylation sites (N-methyl/N-ethyl adjacent to an activating group) is 1. The minimum Gasteiger partial charge on any atom is -0.492 e. The van der Waals surface area contributed by atoms with Crippen LogP contribution in [0.5, 0.6) is 5.75 Å². The highest BCUT2D eigenvalue weighted by Crippen LogP contribution is 2.20. The summed E-state index contributed by atoms with van der Waals surface area (Å²) >= 11 is 0. The minimum atomic E-state index is -3.65. The van der Waals surface area contributed by atoms with E-state index in [2.05, 4.69) is 0 Å². The molecule has 0 aromatic heterocycles. The average molecular weight is 341 g/mol. The molecular weight excluding hydrogens is 318 g/mol. The molecule has 0 bridgehead atoms. The Morgan fingerprint density at radius 2 is 1.91 bits per heavy atom. The van der Waals surface area contributed by atoms with Crippen LogP contribution in [0.15, 0.2) is 30.3 Å². The third kappa shape index (κ3) is 5.19. The van der Waals surface area contributed by atoms with Crippen molar-refractivity contribution >= 4 is 16.1 Å². The Morgan fingerprint density at radius 1 is 1.30 bits per heavy atom. The quantitative estimate of drug-likeness (QED) is 0.812. The van der Waals surface area contributed by atoms with Gasteiger partial charge in [0.05, 0.1) is 6.54 Å². The van der Waals surface area contributed by atoms with E-state index in [-0.39, 0.29) is 11.8 Å². The number of hydrogen-bond acceptors (Lipinski definition) is 4. The Kier molecular flexibility index (Phi) is 5.97. The molecule has 23 heavy (non-hydrogen) atoms. The third-order valence-corrected chi connectivity index (χ3v) is 5.06. The average Bonchev–Trinajstić information content (AvgIpc) is 2.54. The fraction of sp³-hybridized carbons (Fsp3) is 0.533. The number of nitrogens with two attached hydrogens (primary N) is 1. The van der Waals surface area contributed by atoms with Crippen molar-refractivity contribution in [1.82, 2.24) is 9.21 Å². The molecule has 2 rings (SSSR count). The molecule has 1 saturated heterocycles. The number of ether oxygens (including phenoxy) is 1. The summed E-state index contributed by atoms with van der Waals surface area (Å²) in [5.41, 5.74) is 0. The van der Waals surface area contributed by atoms with Gasteiger partial charge >= 0.3 is 0 Å². The van der Waals surface area contributed by atoms with E-state index in [0.29, 0.717) is 39.1 Å². The molecule has 1 fully saturated rings. The van der Waals surface area contributed by atoms with Crippen molar-refractivity contribution in [1.29, 1.82) is 0 Å². The van der Waals surface area contributed by atoms with Gasteiger partial charge in [0.2, 0.25) is 5.91 Å². The van der Waals surface area contributed by atoms with Gasteiger partial charge in [0.15, 0.2) is 0 Å². The number of carbonyl (C=O) groups is 1. The van der Waals surface area contributed by atoms with E-state index in [4.69, 9.17) is 9.88 Å². The molecular formula is C15H23N3O4S. The number of nitrogens with zero attached hydrogens (tertiary/aromatic N) is 2. The molecule has 0 saturated carbocycles.